The Morgan fingerprint density at radius 1 is 1.53 bits per heavy atom. The maximum Gasteiger partial charge on any atom is 0.306 e. The maximum absolute atomic E-state index is 10.7. The Bertz CT molecular complexity index is 459. The molecule has 104 valence electrons. The summed E-state index contributed by atoms with van der Waals surface area (Å²) in [6, 6.07) is 6.17. The van der Waals surface area contributed by atoms with Crippen LogP contribution in [0.2, 0.25) is 0 Å². The highest BCUT2D eigenvalue weighted by Crippen LogP contribution is 2.37. The lowest BCUT2D eigenvalue weighted by Gasteiger charge is -2.10. The molecule has 0 saturated heterocycles. The van der Waals surface area contributed by atoms with Gasteiger partial charge in [-0.2, -0.15) is 0 Å². The van der Waals surface area contributed by atoms with Crippen LogP contribution in [0.15, 0.2) is 18.2 Å². The van der Waals surface area contributed by atoms with Gasteiger partial charge in [-0.05, 0) is 50.4 Å². The number of rotatable bonds is 7. The molecule has 2 rings (SSSR count). The second-order valence-electron chi connectivity index (χ2n) is 5.21. The topological polar surface area (TPSA) is 58.6 Å². The zero-order valence-electron chi connectivity index (χ0n) is 11.5. The predicted molar refractivity (Wildman–Crippen MR) is 73.5 cm³/mol. The average Bonchev–Trinajstić information content (AvgIpc) is 3.14. The van der Waals surface area contributed by atoms with Crippen molar-refractivity contribution in [2.45, 2.75) is 19.8 Å². The molecule has 1 aliphatic carbocycles. The minimum Gasteiger partial charge on any atom is -0.496 e. The molecule has 1 aromatic carbocycles. The van der Waals surface area contributed by atoms with E-state index in [0.29, 0.717) is 5.92 Å². The summed E-state index contributed by atoms with van der Waals surface area (Å²) in [5.41, 5.74) is 2.42. The number of benzene rings is 1. The molecule has 0 aliphatic heterocycles. The van der Waals surface area contributed by atoms with Crippen LogP contribution in [0, 0.1) is 18.8 Å². The number of nitrogens with one attached hydrogen (secondary N) is 1. The van der Waals surface area contributed by atoms with Gasteiger partial charge in [-0.25, -0.2) is 0 Å². The summed E-state index contributed by atoms with van der Waals surface area (Å²) in [5, 5.41) is 12.1. The first-order valence-electron chi connectivity index (χ1n) is 6.69. The molecule has 0 spiro atoms. The molecule has 2 N–H and O–H groups in total. The van der Waals surface area contributed by atoms with E-state index in [1.165, 1.54) is 11.1 Å². The highest BCUT2D eigenvalue weighted by atomic mass is 16.5. The Labute approximate surface area is 113 Å². The van der Waals surface area contributed by atoms with E-state index in [4.69, 9.17) is 9.84 Å². The molecule has 0 heterocycles. The van der Waals surface area contributed by atoms with Crippen LogP contribution in [0.4, 0.5) is 0 Å². The van der Waals surface area contributed by atoms with Crippen molar-refractivity contribution in [3.63, 3.8) is 0 Å². The first-order chi connectivity index (χ1) is 9.11. The first-order valence-corrected chi connectivity index (χ1v) is 6.69. The molecule has 0 bridgehead atoms. The summed E-state index contributed by atoms with van der Waals surface area (Å²) in [6.45, 7) is 3.71. The first kappa shape index (κ1) is 13.9. The molecular formula is C15H21NO3. The number of aryl methyl sites for hydroxylation is 1. The molecule has 1 saturated carbocycles. The summed E-state index contributed by atoms with van der Waals surface area (Å²) in [7, 11) is 1.68. The number of carboxylic acid groups (broad SMARTS) is 1. The van der Waals surface area contributed by atoms with E-state index in [9.17, 15) is 4.79 Å². The van der Waals surface area contributed by atoms with Gasteiger partial charge in [0.05, 0.1) is 13.0 Å². The van der Waals surface area contributed by atoms with Crippen LogP contribution >= 0.6 is 0 Å². The van der Waals surface area contributed by atoms with Crippen molar-refractivity contribution in [1.82, 2.24) is 5.32 Å². The van der Waals surface area contributed by atoms with Gasteiger partial charge in [-0.1, -0.05) is 17.7 Å². The number of carboxylic acids is 1. The Balaban J connectivity index is 1.74. The van der Waals surface area contributed by atoms with Crippen molar-refractivity contribution >= 4 is 5.97 Å². The van der Waals surface area contributed by atoms with E-state index >= 15 is 0 Å². The fourth-order valence-corrected chi connectivity index (χ4v) is 2.39. The molecule has 1 aliphatic rings. The van der Waals surface area contributed by atoms with Crippen LogP contribution in [-0.4, -0.2) is 31.3 Å². The van der Waals surface area contributed by atoms with E-state index in [2.05, 4.69) is 18.3 Å². The molecule has 0 radical (unpaired) electrons. The molecule has 19 heavy (non-hydrogen) atoms. The minimum atomic E-state index is -0.660. The van der Waals surface area contributed by atoms with Crippen LogP contribution in [0.3, 0.4) is 0 Å². The van der Waals surface area contributed by atoms with Crippen LogP contribution in [0.25, 0.3) is 0 Å². The minimum absolute atomic E-state index is 0.124. The lowest BCUT2D eigenvalue weighted by Crippen LogP contribution is -2.21. The summed E-state index contributed by atoms with van der Waals surface area (Å²) in [5.74, 6) is 0.451. The van der Waals surface area contributed by atoms with Gasteiger partial charge in [0.25, 0.3) is 0 Å². The number of aliphatic carboxylic acids is 1. The second-order valence-corrected chi connectivity index (χ2v) is 5.21. The number of hydrogen-bond acceptors (Lipinski definition) is 3. The fourth-order valence-electron chi connectivity index (χ4n) is 2.39. The zero-order valence-corrected chi connectivity index (χ0v) is 11.5. The molecule has 0 aromatic heterocycles. The lowest BCUT2D eigenvalue weighted by molar-refractivity contribution is -0.138. The van der Waals surface area contributed by atoms with Crippen LogP contribution < -0.4 is 10.1 Å². The highest BCUT2D eigenvalue weighted by molar-refractivity contribution is 5.73. The van der Waals surface area contributed by atoms with Gasteiger partial charge >= 0.3 is 5.97 Å². The van der Waals surface area contributed by atoms with E-state index in [1.807, 2.05) is 12.1 Å². The number of hydrogen-bond donors (Lipinski definition) is 2. The van der Waals surface area contributed by atoms with Gasteiger partial charge in [-0.15, -0.1) is 0 Å². The van der Waals surface area contributed by atoms with Crippen LogP contribution in [-0.2, 0) is 11.2 Å². The molecule has 2 unspecified atom stereocenters. The van der Waals surface area contributed by atoms with E-state index in [-0.39, 0.29) is 5.92 Å². The maximum atomic E-state index is 10.7. The monoisotopic (exact) mass is 263 g/mol. The van der Waals surface area contributed by atoms with Crippen molar-refractivity contribution in [2.24, 2.45) is 11.8 Å². The molecule has 0 amide bonds. The predicted octanol–water partition coefficient (Wildman–Crippen LogP) is 1.86. The Hall–Kier alpha value is -1.55. The Morgan fingerprint density at radius 3 is 2.95 bits per heavy atom. The van der Waals surface area contributed by atoms with Gasteiger partial charge in [0.1, 0.15) is 5.75 Å². The van der Waals surface area contributed by atoms with E-state index < -0.39 is 5.97 Å². The van der Waals surface area contributed by atoms with Crippen molar-refractivity contribution in [1.29, 1.82) is 0 Å². The third-order valence-corrected chi connectivity index (χ3v) is 3.65. The number of ether oxygens (including phenoxy) is 1. The Morgan fingerprint density at radius 2 is 2.32 bits per heavy atom. The van der Waals surface area contributed by atoms with Crippen molar-refractivity contribution in [2.75, 3.05) is 20.2 Å². The van der Waals surface area contributed by atoms with Gasteiger partial charge < -0.3 is 15.2 Å². The molecular weight excluding hydrogens is 242 g/mol. The fraction of sp³-hybridized carbons (Fsp3) is 0.533. The average molecular weight is 263 g/mol. The quantitative estimate of drug-likeness (QED) is 0.737. The normalized spacial score (nSPS) is 21.2. The van der Waals surface area contributed by atoms with Gasteiger partial charge in [0.2, 0.25) is 0 Å². The van der Waals surface area contributed by atoms with Gasteiger partial charge in [-0.3, -0.25) is 4.79 Å². The smallest absolute Gasteiger partial charge is 0.306 e. The highest BCUT2D eigenvalue weighted by Gasteiger charge is 2.42. The van der Waals surface area contributed by atoms with Crippen molar-refractivity contribution in [3.05, 3.63) is 29.3 Å². The summed E-state index contributed by atoms with van der Waals surface area (Å²) in [4.78, 5) is 10.7. The molecule has 1 aromatic rings. The summed E-state index contributed by atoms with van der Waals surface area (Å²) >= 11 is 0. The standard InChI is InChI=1S/C15H21NO3/c1-10-3-4-14(19-2)11(7-10)5-6-16-9-12-8-13(12)15(17)18/h3-4,7,12-13,16H,5-6,8-9H2,1-2H3,(H,17,18). The number of carbonyl (C=O) groups is 1. The molecule has 4 nitrogen and oxygen atoms in total. The van der Waals surface area contributed by atoms with Crippen molar-refractivity contribution in [3.8, 4) is 5.75 Å². The van der Waals surface area contributed by atoms with Crippen LogP contribution in [0.1, 0.15) is 17.5 Å². The third kappa shape index (κ3) is 3.70. The third-order valence-electron chi connectivity index (χ3n) is 3.65. The number of methoxy groups -OCH3 is 1. The molecule has 1 fully saturated rings. The summed E-state index contributed by atoms with van der Waals surface area (Å²) < 4.78 is 5.33. The van der Waals surface area contributed by atoms with Crippen LogP contribution in [0.5, 0.6) is 5.75 Å². The second kappa shape index (κ2) is 6.06. The largest absolute Gasteiger partial charge is 0.496 e. The zero-order chi connectivity index (χ0) is 13.8. The van der Waals surface area contributed by atoms with Crippen molar-refractivity contribution < 1.29 is 14.6 Å². The van der Waals surface area contributed by atoms with Gasteiger partial charge in [0, 0.05) is 0 Å². The van der Waals surface area contributed by atoms with Gasteiger partial charge in [0.15, 0.2) is 0 Å². The van der Waals surface area contributed by atoms with E-state index in [0.717, 1.165) is 31.7 Å². The van der Waals surface area contributed by atoms with E-state index in [1.54, 1.807) is 7.11 Å². The molecule has 2 atom stereocenters. The lowest BCUT2D eigenvalue weighted by atomic mass is 10.1. The summed E-state index contributed by atoms with van der Waals surface area (Å²) in [6.07, 6.45) is 1.71. The Kier molecular flexibility index (Phi) is 4.43. The molecule has 4 heteroatoms. The SMILES string of the molecule is COc1ccc(C)cc1CCNCC1CC1C(=O)O.